The summed E-state index contributed by atoms with van der Waals surface area (Å²) >= 11 is 0. The highest BCUT2D eigenvalue weighted by molar-refractivity contribution is 7.59. The number of ether oxygens (including phenoxy) is 4. The number of nitrogens with one attached hydrogen (secondary N) is 2. The molecule has 14 nitrogen and oxygen atoms in total. The molecule has 0 aliphatic carbocycles. The van der Waals surface area contributed by atoms with Crippen molar-refractivity contribution in [2.24, 2.45) is 0 Å². The number of anilines is 1. The Morgan fingerprint density at radius 2 is 1.74 bits per heavy atom. The number of nitrogens with zero attached hydrogens (tertiary/aromatic N) is 4. The van der Waals surface area contributed by atoms with Crippen LogP contribution in [0.3, 0.4) is 0 Å². The van der Waals surface area contributed by atoms with E-state index in [0.29, 0.717) is 12.8 Å². The van der Waals surface area contributed by atoms with Gasteiger partial charge in [-0.2, -0.15) is 0 Å². The number of halogens is 1. The summed E-state index contributed by atoms with van der Waals surface area (Å²) in [4.78, 5) is 36.6. The van der Waals surface area contributed by atoms with E-state index in [2.05, 4.69) is 25.1 Å². The van der Waals surface area contributed by atoms with Gasteiger partial charge in [0.15, 0.2) is 29.8 Å². The summed E-state index contributed by atoms with van der Waals surface area (Å²) < 4.78 is 51.4. The Balaban J connectivity index is 1.71. The minimum Gasteiger partial charge on any atom is -0.465 e. The van der Waals surface area contributed by atoms with Crippen molar-refractivity contribution in [2.45, 2.75) is 65.1 Å². The highest BCUT2D eigenvalue weighted by Gasteiger charge is 2.36. The van der Waals surface area contributed by atoms with Gasteiger partial charge in [-0.25, -0.2) is 29.5 Å². The van der Waals surface area contributed by atoms with Crippen molar-refractivity contribution in [1.29, 1.82) is 0 Å². The van der Waals surface area contributed by atoms with Crippen LogP contribution in [0, 0.1) is 0 Å². The van der Waals surface area contributed by atoms with Crippen LogP contribution in [0.1, 0.15) is 46.8 Å². The summed E-state index contributed by atoms with van der Waals surface area (Å²) in [5, 5.41) is 5.34. The summed E-state index contributed by atoms with van der Waals surface area (Å²) in [7, 11) is -3.81. The zero-order chi connectivity index (χ0) is 27.9. The number of imidazole rings is 1. The van der Waals surface area contributed by atoms with E-state index in [-0.39, 0.29) is 30.2 Å². The average molecular weight is 558 g/mol. The molecule has 16 heteroatoms. The number of carbonyl (C=O) groups is 2. The molecule has 0 bridgehead atoms. The Labute approximate surface area is 218 Å². The number of hydrogen-bond acceptors (Lipinski definition) is 11. The predicted molar refractivity (Wildman–Crippen MR) is 134 cm³/mol. The zero-order valence-corrected chi connectivity index (χ0v) is 22.5. The molecular weight excluding hydrogens is 524 g/mol. The average Bonchev–Trinajstić information content (AvgIpc) is 3.48. The van der Waals surface area contributed by atoms with Gasteiger partial charge in [0, 0.05) is 6.08 Å². The summed E-state index contributed by atoms with van der Waals surface area (Å²) in [6.07, 6.45) is 1.73. The molecule has 4 atom stereocenters. The van der Waals surface area contributed by atoms with E-state index in [1.165, 1.54) is 31.1 Å². The van der Waals surface area contributed by atoms with Crippen LogP contribution in [0.5, 0.6) is 0 Å². The molecule has 2 aromatic rings. The Morgan fingerprint density at radius 1 is 1.13 bits per heavy atom. The van der Waals surface area contributed by atoms with Gasteiger partial charge < -0.3 is 24.7 Å². The lowest BCUT2D eigenvalue weighted by Crippen LogP contribution is -2.43. The van der Waals surface area contributed by atoms with Crippen LogP contribution in [0.15, 0.2) is 24.6 Å². The lowest BCUT2D eigenvalue weighted by Gasteiger charge is -2.27. The molecule has 0 spiro atoms. The SMILES string of the molecule is CCCOC(=O)[C@H](C)NP(=O)(CO[C@@H]1C=C(F)[C@H](n2cnc3c(N)ncnc32)O1)N[C@@H](C)C(=O)OCCC. The first-order valence-corrected chi connectivity index (χ1v) is 14.0. The molecule has 0 radical (unpaired) electrons. The monoisotopic (exact) mass is 557 g/mol. The summed E-state index contributed by atoms with van der Waals surface area (Å²) in [6.45, 7) is 6.99. The second-order valence-electron chi connectivity index (χ2n) is 8.56. The van der Waals surface area contributed by atoms with Gasteiger partial charge in [-0.15, -0.1) is 0 Å². The number of aromatic nitrogens is 4. The number of nitrogens with two attached hydrogens (primary N) is 1. The highest BCUT2D eigenvalue weighted by Crippen LogP contribution is 2.40. The summed E-state index contributed by atoms with van der Waals surface area (Å²) in [6, 6.07) is -2.01. The van der Waals surface area contributed by atoms with Crippen LogP contribution in [0.2, 0.25) is 0 Å². The minimum absolute atomic E-state index is 0.125. The first kappa shape index (κ1) is 29.6. The van der Waals surface area contributed by atoms with E-state index < -0.39 is 56.2 Å². The van der Waals surface area contributed by atoms with Crippen LogP contribution in [-0.2, 0) is 33.1 Å². The number of rotatable bonds is 14. The fraction of sp³-hybridized carbons (Fsp3) is 0.591. The molecule has 0 fully saturated rings. The summed E-state index contributed by atoms with van der Waals surface area (Å²) in [5.41, 5.74) is 6.32. The zero-order valence-electron chi connectivity index (χ0n) is 21.6. The van der Waals surface area contributed by atoms with Gasteiger partial charge in [-0.05, 0) is 26.7 Å². The minimum atomic E-state index is -3.81. The maximum Gasteiger partial charge on any atom is 0.323 e. The standard InChI is InChI=1S/C22H33FN7O7P/c1-5-7-34-21(31)13(3)28-38(33,29-14(4)22(32)35-8-6-2)12-36-16-9-15(23)20(37-16)30-11-27-17-18(24)25-10-26-19(17)30/h9-11,13-14,16,20H,5-8,12H2,1-4H3,(H2,24,25,26)(H2,28,29,33)/t13-,14-,16-,20+/m0/s1. The molecule has 0 amide bonds. The largest absolute Gasteiger partial charge is 0.465 e. The van der Waals surface area contributed by atoms with E-state index in [4.69, 9.17) is 24.7 Å². The van der Waals surface area contributed by atoms with E-state index in [0.717, 1.165) is 6.08 Å². The van der Waals surface area contributed by atoms with Gasteiger partial charge in [0.25, 0.3) is 0 Å². The van der Waals surface area contributed by atoms with Crippen molar-refractivity contribution in [2.75, 3.05) is 25.3 Å². The third-order valence-corrected chi connectivity index (χ3v) is 7.38. The lowest BCUT2D eigenvalue weighted by molar-refractivity contribution is -0.145. The quantitative estimate of drug-likeness (QED) is 0.227. The Morgan fingerprint density at radius 3 is 2.32 bits per heavy atom. The first-order chi connectivity index (χ1) is 18.1. The Kier molecular flexibility index (Phi) is 10.3. The van der Waals surface area contributed by atoms with Crippen molar-refractivity contribution in [3.05, 3.63) is 24.6 Å². The van der Waals surface area contributed by atoms with E-state index in [9.17, 15) is 18.5 Å². The number of nitrogen functional groups attached to an aromatic ring is 1. The first-order valence-electron chi connectivity index (χ1n) is 12.1. The molecule has 2 aromatic heterocycles. The molecule has 3 heterocycles. The highest BCUT2D eigenvalue weighted by atomic mass is 31.2. The molecule has 0 saturated heterocycles. The van der Waals surface area contributed by atoms with Gasteiger partial charge in [0.2, 0.25) is 7.44 Å². The van der Waals surface area contributed by atoms with Crippen LogP contribution in [0.4, 0.5) is 10.2 Å². The van der Waals surface area contributed by atoms with Gasteiger partial charge in [-0.1, -0.05) is 13.8 Å². The molecule has 210 valence electrons. The Hall–Kier alpha value is -2.97. The van der Waals surface area contributed by atoms with E-state index >= 15 is 0 Å². The van der Waals surface area contributed by atoms with E-state index in [1.54, 1.807) is 0 Å². The van der Waals surface area contributed by atoms with Crippen molar-refractivity contribution >= 4 is 36.4 Å². The fourth-order valence-corrected chi connectivity index (χ4v) is 5.49. The molecule has 1 aliphatic rings. The van der Waals surface area contributed by atoms with Crippen molar-refractivity contribution in [3.8, 4) is 0 Å². The topological polar surface area (TPSA) is 182 Å². The van der Waals surface area contributed by atoms with Gasteiger partial charge >= 0.3 is 11.9 Å². The van der Waals surface area contributed by atoms with Crippen LogP contribution in [-0.4, -0.2) is 69.4 Å². The number of carbonyl (C=O) groups excluding carboxylic acids is 2. The third-order valence-electron chi connectivity index (χ3n) is 5.26. The van der Waals surface area contributed by atoms with Crippen molar-refractivity contribution < 1.29 is 37.5 Å². The number of esters is 2. The van der Waals surface area contributed by atoms with Gasteiger partial charge in [0.05, 0.1) is 19.5 Å². The maximum absolute atomic E-state index is 14.8. The smallest absolute Gasteiger partial charge is 0.323 e. The van der Waals surface area contributed by atoms with Crippen molar-refractivity contribution in [1.82, 2.24) is 29.7 Å². The number of hydrogen-bond donors (Lipinski definition) is 3. The third kappa shape index (κ3) is 7.32. The second kappa shape index (κ2) is 13.2. The van der Waals surface area contributed by atoms with Crippen molar-refractivity contribution in [3.63, 3.8) is 0 Å². The molecule has 0 aromatic carbocycles. The lowest BCUT2D eigenvalue weighted by atomic mass is 10.4. The fourth-order valence-electron chi connectivity index (χ4n) is 3.45. The second-order valence-corrected chi connectivity index (χ2v) is 10.8. The Bertz CT molecular complexity index is 1180. The molecule has 3 rings (SSSR count). The molecule has 4 N–H and O–H groups in total. The van der Waals surface area contributed by atoms with Crippen LogP contribution in [0.25, 0.3) is 11.2 Å². The normalized spacial score (nSPS) is 19.2. The molecule has 0 unspecified atom stereocenters. The van der Waals surface area contributed by atoms with Crippen LogP contribution < -0.4 is 15.9 Å². The molecular formula is C22H33FN7O7P. The van der Waals surface area contributed by atoms with Crippen LogP contribution >= 0.6 is 7.44 Å². The molecule has 0 saturated carbocycles. The van der Waals surface area contributed by atoms with Gasteiger partial charge in [-0.3, -0.25) is 18.7 Å². The van der Waals surface area contributed by atoms with E-state index in [1.807, 2.05) is 13.8 Å². The molecule has 1 aliphatic heterocycles. The molecule has 38 heavy (non-hydrogen) atoms. The number of fused-ring (bicyclic) bond motifs is 1. The van der Waals surface area contributed by atoms with Gasteiger partial charge in [0.1, 0.15) is 30.3 Å². The maximum atomic E-state index is 14.8. The predicted octanol–water partition coefficient (Wildman–Crippen LogP) is 2.15. The summed E-state index contributed by atoms with van der Waals surface area (Å²) in [5.74, 6) is -1.84.